The van der Waals surface area contributed by atoms with Crippen molar-refractivity contribution in [1.82, 2.24) is 9.62 Å². The highest BCUT2D eigenvalue weighted by Gasteiger charge is 2.32. The van der Waals surface area contributed by atoms with Crippen LogP contribution in [0.2, 0.25) is 0 Å². The van der Waals surface area contributed by atoms with Crippen LogP contribution in [0, 0.1) is 5.92 Å². The Labute approximate surface area is 187 Å². The Morgan fingerprint density at radius 3 is 2.74 bits per heavy atom. The highest BCUT2D eigenvalue weighted by Crippen LogP contribution is 2.37. The molecule has 0 radical (unpaired) electrons. The van der Waals surface area contributed by atoms with Crippen molar-refractivity contribution in [3.8, 4) is 0 Å². The van der Waals surface area contributed by atoms with Crippen molar-refractivity contribution < 1.29 is 22.7 Å². The van der Waals surface area contributed by atoms with Gasteiger partial charge >= 0.3 is 0 Å². The maximum absolute atomic E-state index is 13.2. The van der Waals surface area contributed by atoms with Gasteiger partial charge in [-0.15, -0.1) is 11.8 Å². The molecule has 0 spiro atoms. The van der Waals surface area contributed by atoms with Crippen LogP contribution in [-0.2, 0) is 24.3 Å². The molecule has 1 N–H and O–H groups in total. The maximum atomic E-state index is 13.2. The maximum Gasteiger partial charge on any atom is 0.243 e. The van der Waals surface area contributed by atoms with Crippen LogP contribution < -0.4 is 10.2 Å². The predicted octanol–water partition coefficient (Wildman–Crippen LogP) is 1.84. The molecule has 2 fully saturated rings. The number of hydrogen-bond donors (Lipinski definition) is 1. The lowest BCUT2D eigenvalue weighted by Crippen LogP contribution is -2.45. The first-order valence-corrected chi connectivity index (χ1v) is 13.2. The molecule has 31 heavy (non-hydrogen) atoms. The lowest BCUT2D eigenvalue weighted by atomic mass is 10.0. The van der Waals surface area contributed by atoms with E-state index in [0.29, 0.717) is 37.8 Å². The van der Waals surface area contributed by atoms with Gasteiger partial charge in [0.1, 0.15) is 6.54 Å². The molecule has 1 unspecified atom stereocenters. The molecular weight excluding hydrogens is 438 g/mol. The lowest BCUT2D eigenvalue weighted by Gasteiger charge is -2.31. The van der Waals surface area contributed by atoms with Gasteiger partial charge in [0.15, 0.2) is 0 Å². The van der Waals surface area contributed by atoms with Crippen molar-refractivity contribution >= 4 is 39.3 Å². The molecule has 3 heterocycles. The number of carbonyl (C=O) groups excluding carboxylic acids is 2. The topological polar surface area (TPSA) is 96.0 Å². The molecule has 1 aromatic carbocycles. The molecule has 10 heteroatoms. The average Bonchev–Trinajstić information content (AvgIpc) is 3.28. The molecule has 8 nitrogen and oxygen atoms in total. The Balaban J connectivity index is 1.51. The molecule has 170 valence electrons. The molecule has 0 aliphatic carbocycles. The molecular formula is C21H29N3O5S2. The summed E-state index contributed by atoms with van der Waals surface area (Å²) in [5.74, 6) is 0.265. The zero-order chi connectivity index (χ0) is 22.0. The highest BCUT2D eigenvalue weighted by molar-refractivity contribution is 8.00. The third kappa shape index (κ3) is 5.08. The monoisotopic (exact) mass is 467 g/mol. The number of thioether (sulfide) groups is 1. The highest BCUT2D eigenvalue weighted by atomic mass is 32.2. The van der Waals surface area contributed by atoms with Crippen molar-refractivity contribution in [3.63, 3.8) is 0 Å². The van der Waals surface area contributed by atoms with E-state index in [1.54, 1.807) is 18.2 Å². The Bertz CT molecular complexity index is 938. The summed E-state index contributed by atoms with van der Waals surface area (Å²) in [5, 5.41) is 2.83. The molecule has 3 aliphatic rings. The van der Waals surface area contributed by atoms with Gasteiger partial charge in [-0.1, -0.05) is 6.92 Å². The van der Waals surface area contributed by atoms with Crippen molar-refractivity contribution in [3.05, 3.63) is 18.2 Å². The normalized spacial score (nSPS) is 23.1. The van der Waals surface area contributed by atoms with Crippen LogP contribution in [0.5, 0.6) is 0 Å². The number of amides is 2. The SMILES string of the molecule is CC1CCN(S(=O)(=O)c2ccc3c(c2)N(CC(=O)NCC2CCCO2)C(=O)CS3)CC1. The Kier molecular flexibility index (Phi) is 6.90. The minimum absolute atomic E-state index is 0.0212. The van der Waals surface area contributed by atoms with E-state index in [1.165, 1.54) is 21.0 Å². The first-order chi connectivity index (χ1) is 14.8. The molecule has 0 bridgehead atoms. The molecule has 1 aromatic rings. The zero-order valence-corrected chi connectivity index (χ0v) is 19.3. The van der Waals surface area contributed by atoms with Gasteiger partial charge in [0.05, 0.1) is 22.4 Å². The number of hydrogen-bond acceptors (Lipinski definition) is 6. The fourth-order valence-corrected chi connectivity index (χ4v) is 6.53. The number of rotatable bonds is 6. The van der Waals surface area contributed by atoms with Gasteiger partial charge in [-0.25, -0.2) is 8.42 Å². The van der Waals surface area contributed by atoms with E-state index in [4.69, 9.17) is 4.74 Å². The standard InChI is InChI=1S/C21H29N3O5S2/c1-15-6-8-23(9-7-15)31(27,28)17-4-5-19-18(11-17)24(21(26)14-30-19)13-20(25)22-12-16-3-2-10-29-16/h4-5,11,15-16H,2-3,6-10,12-14H2,1H3,(H,22,25). The van der Waals surface area contributed by atoms with Gasteiger partial charge in [-0.2, -0.15) is 4.31 Å². The van der Waals surface area contributed by atoms with Crippen LogP contribution in [0.15, 0.2) is 28.0 Å². The second-order valence-electron chi connectivity index (χ2n) is 8.42. The van der Waals surface area contributed by atoms with Crippen molar-refractivity contribution in [2.75, 3.05) is 43.4 Å². The van der Waals surface area contributed by atoms with Crippen LogP contribution in [0.4, 0.5) is 5.69 Å². The molecule has 3 aliphatic heterocycles. The smallest absolute Gasteiger partial charge is 0.243 e. The van der Waals surface area contributed by atoms with Gasteiger partial charge in [0, 0.05) is 31.1 Å². The summed E-state index contributed by atoms with van der Waals surface area (Å²) >= 11 is 1.37. The van der Waals surface area contributed by atoms with Crippen LogP contribution in [0.1, 0.15) is 32.6 Å². The van der Waals surface area contributed by atoms with E-state index < -0.39 is 10.0 Å². The fraction of sp³-hybridized carbons (Fsp3) is 0.619. The van der Waals surface area contributed by atoms with Crippen LogP contribution in [0.3, 0.4) is 0 Å². The molecule has 4 rings (SSSR count). The number of piperidine rings is 1. The third-order valence-corrected chi connectivity index (χ3v) is 9.05. The van der Waals surface area contributed by atoms with Gasteiger partial charge < -0.3 is 15.0 Å². The van der Waals surface area contributed by atoms with Crippen molar-refractivity contribution in [1.29, 1.82) is 0 Å². The Morgan fingerprint density at radius 1 is 1.26 bits per heavy atom. The van der Waals surface area contributed by atoms with E-state index in [-0.39, 0.29) is 35.1 Å². The number of benzene rings is 1. The van der Waals surface area contributed by atoms with E-state index in [0.717, 1.165) is 30.6 Å². The van der Waals surface area contributed by atoms with Crippen LogP contribution in [0.25, 0.3) is 0 Å². The largest absolute Gasteiger partial charge is 0.376 e. The molecule has 2 saturated heterocycles. The summed E-state index contributed by atoms with van der Waals surface area (Å²) in [7, 11) is -3.64. The number of nitrogens with zero attached hydrogens (tertiary/aromatic N) is 2. The van der Waals surface area contributed by atoms with E-state index in [2.05, 4.69) is 12.2 Å². The van der Waals surface area contributed by atoms with Crippen molar-refractivity contribution in [2.45, 2.75) is 48.5 Å². The van der Waals surface area contributed by atoms with Gasteiger partial charge in [-0.3, -0.25) is 9.59 Å². The summed E-state index contributed by atoms with van der Waals surface area (Å²) in [6.07, 6.45) is 3.61. The summed E-state index contributed by atoms with van der Waals surface area (Å²) in [6, 6.07) is 4.88. The van der Waals surface area contributed by atoms with E-state index in [9.17, 15) is 18.0 Å². The summed E-state index contributed by atoms with van der Waals surface area (Å²) in [6.45, 7) is 4.14. The Morgan fingerprint density at radius 2 is 2.03 bits per heavy atom. The van der Waals surface area contributed by atoms with Crippen LogP contribution in [-0.4, -0.2) is 69.2 Å². The molecule has 0 saturated carbocycles. The minimum atomic E-state index is -3.64. The average molecular weight is 468 g/mol. The number of anilines is 1. The third-order valence-electron chi connectivity index (χ3n) is 6.11. The summed E-state index contributed by atoms with van der Waals surface area (Å²) in [5.41, 5.74) is 0.486. The van der Waals surface area contributed by atoms with Gasteiger partial charge in [-0.05, 0) is 49.8 Å². The first kappa shape index (κ1) is 22.6. The molecule has 2 amide bonds. The van der Waals surface area contributed by atoms with Crippen molar-refractivity contribution in [2.24, 2.45) is 5.92 Å². The number of carbonyl (C=O) groups is 2. The summed E-state index contributed by atoms with van der Waals surface area (Å²) < 4.78 is 33.4. The number of nitrogens with one attached hydrogen (secondary N) is 1. The zero-order valence-electron chi connectivity index (χ0n) is 17.7. The molecule has 0 aromatic heterocycles. The Hall–Kier alpha value is -1.62. The first-order valence-electron chi connectivity index (χ1n) is 10.8. The lowest BCUT2D eigenvalue weighted by molar-refractivity contribution is -0.123. The second kappa shape index (κ2) is 9.48. The fourth-order valence-electron chi connectivity index (χ4n) is 4.12. The number of fused-ring (bicyclic) bond motifs is 1. The van der Waals surface area contributed by atoms with E-state index in [1.807, 2.05) is 0 Å². The minimum Gasteiger partial charge on any atom is -0.376 e. The van der Waals surface area contributed by atoms with Gasteiger partial charge in [0.25, 0.3) is 0 Å². The van der Waals surface area contributed by atoms with Crippen LogP contribution >= 0.6 is 11.8 Å². The van der Waals surface area contributed by atoms with E-state index >= 15 is 0 Å². The summed E-state index contributed by atoms with van der Waals surface area (Å²) in [4.78, 5) is 27.4. The quantitative estimate of drug-likeness (QED) is 0.686. The predicted molar refractivity (Wildman–Crippen MR) is 119 cm³/mol. The number of sulfonamides is 1. The molecule has 1 atom stereocenters. The van der Waals surface area contributed by atoms with Gasteiger partial charge in [0.2, 0.25) is 21.8 Å². The number of ether oxygens (including phenoxy) is 1. The second-order valence-corrected chi connectivity index (χ2v) is 11.4.